The van der Waals surface area contributed by atoms with Crippen molar-refractivity contribution in [2.75, 3.05) is 6.61 Å². The number of halogens is 2. The van der Waals surface area contributed by atoms with Crippen molar-refractivity contribution < 1.29 is 18.7 Å². The van der Waals surface area contributed by atoms with E-state index in [1.54, 1.807) is 18.6 Å². The molecule has 0 atom stereocenters. The van der Waals surface area contributed by atoms with Gasteiger partial charge in [-0.25, -0.2) is 4.39 Å². The lowest BCUT2D eigenvalue weighted by Gasteiger charge is -2.70. The minimum Gasteiger partial charge on any atom is -0.486 e. The molecule has 0 aliphatic heterocycles. The van der Waals surface area contributed by atoms with Crippen molar-refractivity contribution in [1.29, 1.82) is 0 Å². The minimum absolute atomic E-state index is 0.0156. The summed E-state index contributed by atoms with van der Waals surface area (Å²) in [4.78, 5) is 33.0. The summed E-state index contributed by atoms with van der Waals surface area (Å²) in [6.45, 7) is -0.101. The summed E-state index contributed by atoms with van der Waals surface area (Å²) >= 11 is 5.63. The minimum atomic E-state index is -0.576. The molecule has 1 heterocycles. The smallest absolute Gasteiger partial charge is 0.170 e. The number of benzene rings is 1. The molecule has 0 radical (unpaired) electrons. The van der Waals surface area contributed by atoms with E-state index in [0.717, 1.165) is 25.0 Å². The molecule has 0 amide bonds. The number of carbonyl (C=O) groups excluding carboxylic acids is 2. The summed E-state index contributed by atoms with van der Waals surface area (Å²) in [6, 6.07) is 4.10. The summed E-state index contributed by atoms with van der Waals surface area (Å²) in [5, 5.41) is 0.0156. The molecule has 0 unspecified atom stereocenters. The molecule has 146 valence electrons. The van der Waals surface area contributed by atoms with E-state index in [9.17, 15) is 14.0 Å². The highest BCUT2D eigenvalue weighted by atomic mass is 35.5. The lowest BCUT2D eigenvalue weighted by Crippen LogP contribution is -2.66. The molecule has 3 aliphatic carbocycles. The van der Waals surface area contributed by atoms with Gasteiger partial charge < -0.3 is 4.74 Å². The molecule has 2 bridgehead atoms. The number of carbonyl (C=O) groups is 2. The van der Waals surface area contributed by atoms with E-state index in [1.807, 2.05) is 0 Å². The molecule has 1 aromatic heterocycles. The van der Waals surface area contributed by atoms with Gasteiger partial charge in [-0.15, -0.1) is 0 Å². The number of ether oxygens (including phenoxy) is 1. The number of hydrogen-bond acceptors (Lipinski definition) is 5. The zero-order valence-electron chi connectivity index (χ0n) is 15.3. The first kappa shape index (κ1) is 19.0. The Labute approximate surface area is 167 Å². The number of aromatic nitrogens is 2. The van der Waals surface area contributed by atoms with E-state index in [-0.39, 0.29) is 39.8 Å². The molecule has 3 saturated carbocycles. The van der Waals surface area contributed by atoms with Crippen LogP contribution in [0.3, 0.4) is 0 Å². The molecule has 28 heavy (non-hydrogen) atoms. The third-order valence-electron chi connectivity index (χ3n) is 5.82. The number of aryl methyl sites for hydroxylation is 1. The maximum atomic E-state index is 13.4. The van der Waals surface area contributed by atoms with Gasteiger partial charge in [0.2, 0.25) is 0 Å². The Morgan fingerprint density at radius 1 is 1.21 bits per heavy atom. The van der Waals surface area contributed by atoms with Crippen LogP contribution in [0.5, 0.6) is 5.75 Å². The third kappa shape index (κ3) is 3.65. The van der Waals surface area contributed by atoms with Crippen LogP contribution in [0.2, 0.25) is 5.02 Å². The zero-order valence-corrected chi connectivity index (χ0v) is 16.0. The molecular formula is C21H20ClFN2O3. The Bertz CT molecular complexity index is 899. The fraction of sp³-hybridized carbons (Fsp3) is 0.429. The molecule has 5 nitrogen and oxygen atoms in total. The molecule has 3 aliphatic rings. The normalized spacial score (nSPS) is 24.8. The number of Topliss-reactive ketones (excluding diaryl/α,β-unsaturated/α-hetero) is 2. The van der Waals surface area contributed by atoms with Crippen molar-refractivity contribution in [3.8, 4) is 5.75 Å². The SMILES string of the molecule is O=C(COc1ccc(Cl)c(F)c1)CC12CC(C(=O)CCc3cnccn3)(C1)C2. The van der Waals surface area contributed by atoms with Crippen molar-refractivity contribution >= 4 is 23.2 Å². The van der Waals surface area contributed by atoms with Crippen molar-refractivity contribution in [3.05, 3.63) is 53.3 Å². The van der Waals surface area contributed by atoms with Gasteiger partial charge in [0, 0.05) is 42.9 Å². The summed E-state index contributed by atoms with van der Waals surface area (Å²) in [6.07, 6.45) is 8.73. The molecule has 1 aromatic carbocycles. The quantitative estimate of drug-likeness (QED) is 0.634. The summed E-state index contributed by atoms with van der Waals surface area (Å²) < 4.78 is 18.8. The van der Waals surface area contributed by atoms with E-state index in [0.29, 0.717) is 19.3 Å². The van der Waals surface area contributed by atoms with E-state index in [4.69, 9.17) is 16.3 Å². The molecule has 0 saturated heterocycles. The second kappa shape index (κ2) is 7.24. The number of ketones is 2. The van der Waals surface area contributed by atoms with Crippen LogP contribution in [-0.2, 0) is 16.0 Å². The van der Waals surface area contributed by atoms with Crippen molar-refractivity contribution in [1.82, 2.24) is 9.97 Å². The molecule has 2 aromatic rings. The highest BCUT2D eigenvalue weighted by Crippen LogP contribution is 2.75. The van der Waals surface area contributed by atoms with Gasteiger partial charge >= 0.3 is 0 Å². The Balaban J connectivity index is 1.21. The van der Waals surface area contributed by atoms with Crippen LogP contribution in [0, 0.1) is 16.6 Å². The molecule has 3 fully saturated rings. The maximum absolute atomic E-state index is 13.4. The first-order valence-corrected chi connectivity index (χ1v) is 9.65. The van der Waals surface area contributed by atoms with Crippen LogP contribution in [0.25, 0.3) is 0 Å². The van der Waals surface area contributed by atoms with Crippen molar-refractivity contribution in [2.45, 2.75) is 38.5 Å². The fourth-order valence-corrected chi connectivity index (χ4v) is 4.76. The monoisotopic (exact) mass is 402 g/mol. The Morgan fingerprint density at radius 2 is 2.00 bits per heavy atom. The molecule has 5 rings (SSSR count). The van der Waals surface area contributed by atoms with Gasteiger partial charge in [-0.1, -0.05) is 11.6 Å². The van der Waals surface area contributed by atoms with Gasteiger partial charge in [0.1, 0.15) is 24.0 Å². The Hall–Kier alpha value is -2.34. The van der Waals surface area contributed by atoms with Crippen LogP contribution in [0.15, 0.2) is 36.8 Å². The van der Waals surface area contributed by atoms with Crippen LogP contribution in [0.1, 0.15) is 37.8 Å². The first-order chi connectivity index (χ1) is 13.4. The second-order valence-corrected chi connectivity index (χ2v) is 8.42. The number of rotatable bonds is 9. The topological polar surface area (TPSA) is 69.2 Å². The molecular weight excluding hydrogens is 383 g/mol. The van der Waals surface area contributed by atoms with E-state index in [1.165, 1.54) is 18.2 Å². The van der Waals surface area contributed by atoms with Crippen LogP contribution in [0.4, 0.5) is 4.39 Å². The van der Waals surface area contributed by atoms with Gasteiger partial charge in [0.15, 0.2) is 5.78 Å². The molecule has 0 N–H and O–H groups in total. The van der Waals surface area contributed by atoms with Gasteiger partial charge in [0.25, 0.3) is 0 Å². The van der Waals surface area contributed by atoms with E-state index >= 15 is 0 Å². The highest BCUT2D eigenvalue weighted by Gasteiger charge is 2.70. The van der Waals surface area contributed by atoms with Gasteiger partial charge in [0.05, 0.1) is 10.7 Å². The van der Waals surface area contributed by atoms with E-state index in [2.05, 4.69) is 9.97 Å². The number of nitrogens with zero attached hydrogens (tertiary/aromatic N) is 2. The average molecular weight is 403 g/mol. The van der Waals surface area contributed by atoms with Crippen molar-refractivity contribution in [2.24, 2.45) is 10.8 Å². The van der Waals surface area contributed by atoms with E-state index < -0.39 is 5.82 Å². The van der Waals surface area contributed by atoms with Crippen LogP contribution in [-0.4, -0.2) is 28.1 Å². The van der Waals surface area contributed by atoms with Gasteiger partial charge in [-0.2, -0.15) is 0 Å². The van der Waals surface area contributed by atoms with Crippen LogP contribution < -0.4 is 4.74 Å². The summed E-state index contributed by atoms with van der Waals surface area (Å²) in [5.41, 5.74) is 0.541. The largest absolute Gasteiger partial charge is 0.486 e. The third-order valence-corrected chi connectivity index (χ3v) is 6.13. The molecule has 0 spiro atoms. The first-order valence-electron chi connectivity index (χ1n) is 9.28. The van der Waals surface area contributed by atoms with Gasteiger partial charge in [-0.05, 0) is 43.2 Å². The highest BCUT2D eigenvalue weighted by molar-refractivity contribution is 6.30. The Morgan fingerprint density at radius 3 is 2.68 bits per heavy atom. The fourth-order valence-electron chi connectivity index (χ4n) is 4.65. The lowest BCUT2D eigenvalue weighted by atomic mass is 9.33. The predicted molar refractivity (Wildman–Crippen MR) is 101 cm³/mol. The zero-order chi connectivity index (χ0) is 19.8. The Kier molecular flexibility index (Phi) is 4.91. The average Bonchev–Trinajstić information content (AvgIpc) is 2.63. The number of hydrogen-bond donors (Lipinski definition) is 0. The maximum Gasteiger partial charge on any atom is 0.170 e. The second-order valence-electron chi connectivity index (χ2n) is 8.01. The summed E-state index contributed by atoms with van der Waals surface area (Å²) in [7, 11) is 0. The lowest BCUT2D eigenvalue weighted by molar-refractivity contribution is -0.208. The summed E-state index contributed by atoms with van der Waals surface area (Å²) in [5.74, 6) is -0.0625. The van der Waals surface area contributed by atoms with Crippen LogP contribution >= 0.6 is 11.6 Å². The molecule has 7 heteroatoms. The predicted octanol–water partition coefficient (Wildman–Crippen LogP) is 3.98. The van der Waals surface area contributed by atoms with Crippen molar-refractivity contribution in [3.63, 3.8) is 0 Å². The standard InChI is InChI=1S/C21H20ClFN2O3/c22-17-3-2-16(7-18(17)23)28-10-15(26)8-20-11-21(12-20,13-20)19(27)4-1-14-9-24-5-6-25-14/h2-3,5-7,9H,1,4,8,10-13H2. The van der Waals surface area contributed by atoms with Gasteiger partial charge in [-0.3, -0.25) is 19.6 Å².